The van der Waals surface area contributed by atoms with Crippen LogP contribution in [0.25, 0.3) is 0 Å². The quantitative estimate of drug-likeness (QED) is 0.547. The molecule has 3 rings (SSSR count). The number of carbonyl (C=O) groups is 1. The Hall–Kier alpha value is -2.66. The van der Waals surface area contributed by atoms with Crippen LogP contribution in [0.3, 0.4) is 0 Å². The molecule has 0 N–H and O–H groups in total. The Bertz CT molecular complexity index is 860. The van der Waals surface area contributed by atoms with E-state index in [-0.39, 0.29) is 5.91 Å². The van der Waals surface area contributed by atoms with E-state index in [1.807, 2.05) is 71.8 Å². The second-order valence-corrected chi connectivity index (χ2v) is 7.37. The zero-order chi connectivity index (χ0) is 19.1. The molecule has 140 valence electrons. The van der Waals surface area contributed by atoms with E-state index in [0.29, 0.717) is 19.7 Å². The van der Waals surface area contributed by atoms with Gasteiger partial charge in [0.25, 0.3) is 5.91 Å². The van der Waals surface area contributed by atoms with Gasteiger partial charge in [-0.15, -0.1) is 11.3 Å². The molecule has 1 amide bonds. The highest BCUT2D eigenvalue weighted by atomic mass is 32.1. The average molecular weight is 381 g/mol. The minimum atomic E-state index is 0.0481. The van der Waals surface area contributed by atoms with Crippen LogP contribution in [0.4, 0.5) is 0 Å². The number of amides is 1. The number of nitrogens with zero attached hydrogens (tertiary/aromatic N) is 2. The summed E-state index contributed by atoms with van der Waals surface area (Å²) in [6.45, 7) is 5.76. The van der Waals surface area contributed by atoms with E-state index >= 15 is 0 Å². The van der Waals surface area contributed by atoms with E-state index in [4.69, 9.17) is 4.74 Å². The highest BCUT2D eigenvalue weighted by Crippen LogP contribution is 2.17. The number of benzene rings is 2. The van der Waals surface area contributed by atoms with Crippen molar-refractivity contribution in [3.8, 4) is 5.75 Å². The Morgan fingerprint density at radius 3 is 2.56 bits per heavy atom. The monoisotopic (exact) mass is 380 g/mol. The molecule has 4 nitrogen and oxygen atoms in total. The van der Waals surface area contributed by atoms with E-state index in [0.717, 1.165) is 34.0 Å². The molecule has 0 aliphatic rings. The predicted octanol–water partition coefficient (Wildman–Crippen LogP) is 5.08. The molecule has 0 aliphatic heterocycles. The second-order valence-electron chi connectivity index (χ2n) is 6.43. The van der Waals surface area contributed by atoms with E-state index in [1.165, 1.54) is 0 Å². The van der Waals surface area contributed by atoms with Crippen LogP contribution in [-0.2, 0) is 13.2 Å². The van der Waals surface area contributed by atoms with Crippen LogP contribution in [0.5, 0.6) is 5.75 Å². The molecule has 0 bridgehead atoms. The summed E-state index contributed by atoms with van der Waals surface area (Å²) in [4.78, 5) is 19.3. The largest absolute Gasteiger partial charge is 0.486 e. The molecule has 0 saturated heterocycles. The van der Waals surface area contributed by atoms with Gasteiger partial charge in [0.2, 0.25) is 0 Å². The van der Waals surface area contributed by atoms with Crippen molar-refractivity contribution in [2.45, 2.75) is 33.4 Å². The lowest BCUT2D eigenvalue weighted by atomic mass is 10.1. The first-order chi connectivity index (χ1) is 13.2. The highest BCUT2D eigenvalue weighted by Gasteiger charge is 2.17. The number of aromatic nitrogens is 1. The fraction of sp³-hybridized carbons (Fsp3) is 0.273. The van der Waals surface area contributed by atoms with Crippen LogP contribution in [0.2, 0.25) is 0 Å². The van der Waals surface area contributed by atoms with Gasteiger partial charge in [0.05, 0.1) is 12.2 Å². The van der Waals surface area contributed by atoms with Gasteiger partial charge in [-0.05, 0) is 37.6 Å². The van der Waals surface area contributed by atoms with Crippen molar-refractivity contribution < 1.29 is 9.53 Å². The second kappa shape index (κ2) is 9.33. The van der Waals surface area contributed by atoms with Gasteiger partial charge < -0.3 is 9.64 Å². The predicted molar refractivity (Wildman–Crippen MR) is 109 cm³/mol. The number of carbonyl (C=O) groups excluding carboxylic acids is 1. The van der Waals surface area contributed by atoms with Gasteiger partial charge in [-0.1, -0.05) is 42.8 Å². The molecule has 5 heteroatoms. The summed E-state index contributed by atoms with van der Waals surface area (Å²) in [5.74, 6) is 0.878. The van der Waals surface area contributed by atoms with Crippen molar-refractivity contribution >= 4 is 17.2 Å². The number of aryl methyl sites for hydroxylation is 1. The molecule has 27 heavy (non-hydrogen) atoms. The molecule has 0 spiro atoms. The topological polar surface area (TPSA) is 42.4 Å². The van der Waals surface area contributed by atoms with Crippen LogP contribution in [0.15, 0.2) is 60.0 Å². The third-order valence-corrected chi connectivity index (χ3v) is 5.01. The average Bonchev–Trinajstić information content (AvgIpc) is 3.14. The minimum absolute atomic E-state index is 0.0481. The molecule has 1 heterocycles. The number of ether oxygens (including phenoxy) is 1. The zero-order valence-corrected chi connectivity index (χ0v) is 16.5. The van der Waals surface area contributed by atoms with Crippen molar-refractivity contribution in [3.05, 3.63) is 81.8 Å². The summed E-state index contributed by atoms with van der Waals surface area (Å²) in [6.07, 6.45) is 0.908. The Morgan fingerprint density at radius 1 is 1.11 bits per heavy atom. The third-order valence-electron chi connectivity index (χ3n) is 4.14. The van der Waals surface area contributed by atoms with Gasteiger partial charge in [-0.25, -0.2) is 4.98 Å². The maximum Gasteiger partial charge on any atom is 0.254 e. The lowest BCUT2D eigenvalue weighted by molar-refractivity contribution is 0.0741. The molecular weight excluding hydrogens is 356 g/mol. The molecule has 0 atom stereocenters. The lowest BCUT2D eigenvalue weighted by Gasteiger charge is -2.21. The number of hydrogen-bond donors (Lipinski definition) is 0. The maximum absolute atomic E-state index is 12.8. The first-order valence-electron chi connectivity index (χ1n) is 9.12. The van der Waals surface area contributed by atoms with Gasteiger partial charge >= 0.3 is 0 Å². The molecule has 0 fully saturated rings. The summed E-state index contributed by atoms with van der Waals surface area (Å²) in [6, 6.07) is 17.4. The smallest absolute Gasteiger partial charge is 0.254 e. The number of rotatable bonds is 8. The number of hydrogen-bond acceptors (Lipinski definition) is 4. The van der Waals surface area contributed by atoms with Crippen molar-refractivity contribution in [3.63, 3.8) is 0 Å². The Morgan fingerprint density at radius 2 is 1.85 bits per heavy atom. The summed E-state index contributed by atoms with van der Waals surface area (Å²) in [5, 5.41) is 2.92. The first-order valence-corrected chi connectivity index (χ1v) is 10.0. The van der Waals surface area contributed by atoms with Crippen molar-refractivity contribution in [1.29, 1.82) is 0 Å². The van der Waals surface area contributed by atoms with Gasteiger partial charge in [0.1, 0.15) is 17.4 Å². The summed E-state index contributed by atoms with van der Waals surface area (Å²) in [5.41, 5.74) is 2.77. The van der Waals surface area contributed by atoms with Gasteiger partial charge in [-0.2, -0.15) is 0 Å². The SMILES string of the molecule is CCCN(Cc1csc(COc2ccccc2)n1)C(=O)c1ccc(C)cc1. The van der Waals surface area contributed by atoms with Crippen LogP contribution < -0.4 is 4.74 Å². The Labute approximate surface area is 164 Å². The van der Waals surface area contributed by atoms with Crippen molar-refractivity contribution in [2.75, 3.05) is 6.54 Å². The zero-order valence-electron chi connectivity index (χ0n) is 15.7. The number of para-hydroxylation sites is 1. The molecule has 2 aromatic carbocycles. The van der Waals surface area contributed by atoms with Crippen LogP contribution >= 0.6 is 11.3 Å². The molecule has 3 aromatic rings. The fourth-order valence-electron chi connectivity index (χ4n) is 2.75. The Balaban J connectivity index is 1.63. The highest BCUT2D eigenvalue weighted by molar-refractivity contribution is 7.09. The normalized spacial score (nSPS) is 10.6. The van der Waals surface area contributed by atoms with Crippen LogP contribution in [0, 0.1) is 6.92 Å². The lowest BCUT2D eigenvalue weighted by Crippen LogP contribution is -2.31. The first kappa shape index (κ1) is 19.1. The van der Waals surface area contributed by atoms with E-state index in [1.54, 1.807) is 11.3 Å². The van der Waals surface area contributed by atoms with Crippen molar-refractivity contribution in [1.82, 2.24) is 9.88 Å². The summed E-state index contributed by atoms with van der Waals surface area (Å²) >= 11 is 1.56. The van der Waals surface area contributed by atoms with Gasteiger partial charge in [0, 0.05) is 17.5 Å². The molecule has 1 aromatic heterocycles. The number of thiazole rings is 1. The summed E-state index contributed by atoms with van der Waals surface area (Å²) < 4.78 is 5.75. The molecule has 0 saturated carbocycles. The fourth-order valence-corrected chi connectivity index (χ4v) is 3.44. The van der Waals surface area contributed by atoms with Crippen LogP contribution in [-0.4, -0.2) is 22.3 Å². The standard InChI is InChI=1S/C22H24N2O2S/c1-3-13-24(22(25)18-11-9-17(2)10-12-18)14-19-16-27-21(23-19)15-26-20-7-5-4-6-8-20/h4-12,16H,3,13-15H2,1-2H3. The summed E-state index contributed by atoms with van der Waals surface area (Å²) in [7, 11) is 0. The molecule has 0 unspecified atom stereocenters. The van der Waals surface area contributed by atoms with Crippen LogP contribution in [0.1, 0.15) is 40.0 Å². The third kappa shape index (κ3) is 5.41. The van der Waals surface area contributed by atoms with Gasteiger partial charge in [0.15, 0.2) is 0 Å². The molecule has 0 aliphatic carbocycles. The maximum atomic E-state index is 12.8. The molecule has 0 radical (unpaired) electrons. The Kier molecular flexibility index (Phi) is 6.60. The van der Waals surface area contributed by atoms with Crippen molar-refractivity contribution in [2.24, 2.45) is 0 Å². The minimum Gasteiger partial charge on any atom is -0.486 e. The van der Waals surface area contributed by atoms with E-state index in [9.17, 15) is 4.79 Å². The van der Waals surface area contributed by atoms with E-state index in [2.05, 4.69) is 11.9 Å². The van der Waals surface area contributed by atoms with E-state index < -0.39 is 0 Å². The van der Waals surface area contributed by atoms with Gasteiger partial charge in [-0.3, -0.25) is 4.79 Å². The molecular formula is C22H24N2O2S.